The minimum absolute atomic E-state index is 0.0272. The maximum Gasteiger partial charge on any atom is 0.332 e. The van der Waals surface area contributed by atoms with Crippen LogP contribution in [0.5, 0.6) is 0 Å². The summed E-state index contributed by atoms with van der Waals surface area (Å²) in [6.45, 7) is 1.46. The molecule has 1 atom stereocenters. The van der Waals surface area contributed by atoms with E-state index < -0.39 is 5.69 Å². The molecule has 1 aliphatic heterocycles. The number of carbonyl (C=O) groups excluding carboxylic acids is 1. The number of benzene rings is 1. The van der Waals surface area contributed by atoms with Crippen LogP contribution in [0.4, 0.5) is 0 Å². The van der Waals surface area contributed by atoms with Gasteiger partial charge in [-0.3, -0.25) is 23.7 Å². The molecule has 1 aliphatic rings. The highest BCUT2D eigenvalue weighted by Gasteiger charge is 2.29. The number of likely N-dealkylation sites (tertiary alicyclic amines) is 1. The van der Waals surface area contributed by atoms with Crippen LogP contribution in [0.25, 0.3) is 11.0 Å². The Bertz CT molecular complexity index is 1440. The second-order valence-corrected chi connectivity index (χ2v) is 8.30. The van der Waals surface area contributed by atoms with Gasteiger partial charge >= 0.3 is 5.69 Å². The lowest BCUT2D eigenvalue weighted by Crippen LogP contribution is -2.38. The minimum atomic E-state index is -0.402. The SMILES string of the molecule is Cn1c(=O)c2ccc([C@@H]3CCN(C(=O)c4cccnc4)C3)nc2n(Cc2ccccc2)c1=O. The number of fused-ring (bicyclic) bond motifs is 1. The standard InChI is InChI=1S/C25H23N5O3/c1-28-24(32)20-9-10-21(19-11-13-29(16-19)23(31)18-8-5-12-26-14-18)27-22(20)30(25(28)33)15-17-6-3-2-4-7-17/h2-10,12,14,19H,11,13,15-16H2,1H3/t19-/m1/s1. The summed E-state index contributed by atoms with van der Waals surface area (Å²) in [6.07, 6.45) is 3.97. The molecule has 4 aromatic rings. The predicted octanol–water partition coefficient (Wildman–Crippen LogP) is 2.17. The fourth-order valence-electron chi connectivity index (χ4n) is 4.37. The van der Waals surface area contributed by atoms with Gasteiger partial charge < -0.3 is 4.90 Å². The zero-order chi connectivity index (χ0) is 22.9. The third-order valence-electron chi connectivity index (χ3n) is 6.19. The van der Waals surface area contributed by atoms with Crippen LogP contribution in [0.2, 0.25) is 0 Å². The van der Waals surface area contributed by atoms with E-state index in [2.05, 4.69) is 4.98 Å². The predicted molar refractivity (Wildman–Crippen MR) is 124 cm³/mol. The summed E-state index contributed by atoms with van der Waals surface area (Å²) in [5, 5.41) is 0.401. The Labute approximate surface area is 189 Å². The Kier molecular flexibility index (Phi) is 5.34. The van der Waals surface area contributed by atoms with Crippen LogP contribution in [0.3, 0.4) is 0 Å². The summed E-state index contributed by atoms with van der Waals surface area (Å²) in [4.78, 5) is 49.1. The summed E-state index contributed by atoms with van der Waals surface area (Å²) in [7, 11) is 1.48. The lowest BCUT2D eigenvalue weighted by Gasteiger charge is -2.17. The molecule has 166 valence electrons. The molecule has 0 bridgehead atoms. The quantitative estimate of drug-likeness (QED) is 0.484. The van der Waals surface area contributed by atoms with Gasteiger partial charge in [-0.25, -0.2) is 9.78 Å². The first-order chi connectivity index (χ1) is 16.0. The van der Waals surface area contributed by atoms with E-state index in [4.69, 9.17) is 4.98 Å². The second-order valence-electron chi connectivity index (χ2n) is 8.30. The Morgan fingerprint density at radius 2 is 1.88 bits per heavy atom. The van der Waals surface area contributed by atoms with Crippen LogP contribution in [0, 0.1) is 0 Å². The van der Waals surface area contributed by atoms with E-state index in [-0.39, 0.29) is 17.4 Å². The van der Waals surface area contributed by atoms with Crippen molar-refractivity contribution < 1.29 is 4.79 Å². The first-order valence-electron chi connectivity index (χ1n) is 10.9. The van der Waals surface area contributed by atoms with Gasteiger partial charge in [0.15, 0.2) is 0 Å². The molecule has 3 aromatic heterocycles. The Morgan fingerprint density at radius 1 is 1.06 bits per heavy atom. The Hall–Kier alpha value is -4.07. The zero-order valence-electron chi connectivity index (χ0n) is 18.2. The van der Waals surface area contributed by atoms with Gasteiger partial charge in [0.2, 0.25) is 0 Å². The normalized spacial score (nSPS) is 15.8. The number of carbonyl (C=O) groups is 1. The fraction of sp³-hybridized carbons (Fsp3) is 0.240. The van der Waals surface area contributed by atoms with Gasteiger partial charge in [0.05, 0.1) is 17.5 Å². The van der Waals surface area contributed by atoms with Crippen molar-refractivity contribution in [2.24, 2.45) is 7.05 Å². The van der Waals surface area contributed by atoms with E-state index in [1.165, 1.54) is 7.05 Å². The summed E-state index contributed by atoms with van der Waals surface area (Å²) in [6, 6.07) is 16.7. The van der Waals surface area contributed by atoms with Crippen molar-refractivity contribution >= 4 is 16.9 Å². The summed E-state index contributed by atoms with van der Waals surface area (Å²) < 4.78 is 2.67. The molecular weight excluding hydrogens is 418 g/mol. The maximum atomic E-state index is 13.0. The molecule has 33 heavy (non-hydrogen) atoms. The third kappa shape index (κ3) is 3.84. The van der Waals surface area contributed by atoms with Crippen molar-refractivity contribution in [1.29, 1.82) is 0 Å². The van der Waals surface area contributed by atoms with E-state index in [1.807, 2.05) is 36.4 Å². The van der Waals surface area contributed by atoms with Crippen molar-refractivity contribution in [2.75, 3.05) is 13.1 Å². The van der Waals surface area contributed by atoms with E-state index in [9.17, 15) is 14.4 Å². The number of amides is 1. The van der Waals surface area contributed by atoms with Crippen LogP contribution >= 0.6 is 0 Å². The van der Waals surface area contributed by atoms with E-state index in [0.717, 1.165) is 22.2 Å². The van der Waals surface area contributed by atoms with E-state index in [1.54, 1.807) is 40.1 Å². The van der Waals surface area contributed by atoms with Gasteiger partial charge in [0.1, 0.15) is 5.65 Å². The molecule has 0 N–H and O–H groups in total. The first kappa shape index (κ1) is 20.8. The third-order valence-corrected chi connectivity index (χ3v) is 6.19. The van der Waals surface area contributed by atoms with Crippen LogP contribution in [0.15, 0.2) is 76.6 Å². The van der Waals surface area contributed by atoms with Crippen molar-refractivity contribution in [2.45, 2.75) is 18.9 Å². The molecule has 4 heterocycles. The van der Waals surface area contributed by atoms with Crippen LogP contribution in [-0.2, 0) is 13.6 Å². The largest absolute Gasteiger partial charge is 0.338 e. The molecule has 1 amide bonds. The number of nitrogens with zero attached hydrogens (tertiary/aromatic N) is 5. The van der Waals surface area contributed by atoms with E-state index >= 15 is 0 Å². The number of aromatic nitrogens is 4. The smallest absolute Gasteiger partial charge is 0.332 e. The average Bonchev–Trinajstić information content (AvgIpc) is 3.36. The lowest BCUT2D eigenvalue weighted by atomic mass is 10.0. The Balaban J connectivity index is 1.51. The summed E-state index contributed by atoms with van der Waals surface area (Å²) >= 11 is 0. The van der Waals surface area contributed by atoms with Crippen molar-refractivity contribution in [1.82, 2.24) is 24.0 Å². The molecule has 8 nitrogen and oxygen atoms in total. The highest BCUT2D eigenvalue weighted by Crippen LogP contribution is 2.28. The monoisotopic (exact) mass is 441 g/mol. The molecule has 8 heteroatoms. The van der Waals surface area contributed by atoms with Gasteiger partial charge in [-0.1, -0.05) is 30.3 Å². The van der Waals surface area contributed by atoms with Crippen LogP contribution in [0.1, 0.15) is 34.0 Å². The summed E-state index contributed by atoms with van der Waals surface area (Å²) in [5.74, 6) is -0.0272. The average molecular weight is 441 g/mol. The molecule has 1 saturated heterocycles. The molecule has 0 radical (unpaired) electrons. The molecule has 0 aliphatic carbocycles. The second kappa shape index (κ2) is 8.46. The minimum Gasteiger partial charge on any atom is -0.338 e. The number of hydrogen-bond donors (Lipinski definition) is 0. The lowest BCUT2D eigenvalue weighted by molar-refractivity contribution is 0.0790. The molecule has 0 spiro atoms. The molecular formula is C25H23N5O3. The van der Waals surface area contributed by atoms with E-state index in [0.29, 0.717) is 36.2 Å². The van der Waals surface area contributed by atoms with Gasteiger partial charge in [0, 0.05) is 44.1 Å². The van der Waals surface area contributed by atoms with Crippen LogP contribution < -0.4 is 11.2 Å². The highest BCUT2D eigenvalue weighted by molar-refractivity contribution is 5.94. The summed E-state index contributed by atoms with van der Waals surface area (Å²) in [5.41, 5.74) is 1.89. The number of pyridine rings is 2. The zero-order valence-corrected chi connectivity index (χ0v) is 18.2. The number of rotatable bonds is 4. The molecule has 5 rings (SSSR count). The number of hydrogen-bond acceptors (Lipinski definition) is 5. The molecule has 1 fully saturated rings. The van der Waals surface area contributed by atoms with Crippen molar-refractivity contribution in [3.05, 3.63) is 105 Å². The van der Waals surface area contributed by atoms with Gasteiger partial charge in [-0.2, -0.15) is 0 Å². The van der Waals surface area contributed by atoms with Crippen LogP contribution in [-0.4, -0.2) is 43.0 Å². The van der Waals surface area contributed by atoms with Gasteiger partial charge in [0.25, 0.3) is 11.5 Å². The van der Waals surface area contributed by atoms with Gasteiger partial charge in [-0.05, 0) is 36.2 Å². The van der Waals surface area contributed by atoms with Crippen molar-refractivity contribution in [3.8, 4) is 0 Å². The molecule has 1 aromatic carbocycles. The van der Waals surface area contributed by atoms with Crippen molar-refractivity contribution in [3.63, 3.8) is 0 Å². The van der Waals surface area contributed by atoms with Gasteiger partial charge in [-0.15, -0.1) is 0 Å². The maximum absolute atomic E-state index is 13.0. The molecule has 0 saturated carbocycles. The highest BCUT2D eigenvalue weighted by atomic mass is 16.2. The fourth-order valence-corrected chi connectivity index (χ4v) is 4.37. The first-order valence-corrected chi connectivity index (χ1v) is 10.9. The Morgan fingerprint density at radius 3 is 2.64 bits per heavy atom. The molecule has 0 unspecified atom stereocenters. The topological polar surface area (TPSA) is 90.1 Å².